The maximum absolute atomic E-state index is 10.3. The minimum atomic E-state index is -1.11. The number of aromatic hydroxyl groups is 1. The standard InChI is InChI=1S/C10H14N2O2.C7H6O3/c11-9(7-14-10(12)13)6-8-4-2-1-3-5-8;8-6-4-2-1-3-5(6)7(9)10/h1-5,9H,6-7,11H2,(H2,12,13);1-4,8H,(H,9,10). The van der Waals surface area contributed by atoms with E-state index in [1.54, 1.807) is 12.1 Å². The van der Waals surface area contributed by atoms with Crippen LogP contribution in [0.1, 0.15) is 15.9 Å². The Kier molecular flexibility index (Phi) is 7.80. The number of carbonyl (C=O) groups is 2. The number of ether oxygens (including phenoxy) is 1. The van der Waals surface area contributed by atoms with Crippen LogP contribution in [0.5, 0.6) is 5.75 Å². The number of carboxylic acid groups (broad SMARTS) is 1. The van der Waals surface area contributed by atoms with Gasteiger partial charge in [0.2, 0.25) is 0 Å². The molecule has 0 saturated heterocycles. The molecule has 0 aromatic heterocycles. The summed E-state index contributed by atoms with van der Waals surface area (Å²) in [7, 11) is 0. The summed E-state index contributed by atoms with van der Waals surface area (Å²) in [5.41, 5.74) is 11.6. The number of nitrogens with two attached hydrogens (primary N) is 2. The summed E-state index contributed by atoms with van der Waals surface area (Å²) < 4.78 is 4.59. The second-order valence-electron chi connectivity index (χ2n) is 4.90. The summed E-state index contributed by atoms with van der Waals surface area (Å²) >= 11 is 0. The Bertz CT molecular complexity index is 661. The van der Waals surface area contributed by atoms with Crippen LogP contribution in [0.4, 0.5) is 4.79 Å². The zero-order chi connectivity index (χ0) is 17.9. The van der Waals surface area contributed by atoms with Gasteiger partial charge in [0.1, 0.15) is 17.9 Å². The predicted molar refractivity (Wildman–Crippen MR) is 88.7 cm³/mol. The second kappa shape index (κ2) is 9.86. The number of primary amides is 1. The Morgan fingerprint density at radius 3 is 2.12 bits per heavy atom. The molecule has 128 valence electrons. The van der Waals surface area contributed by atoms with Gasteiger partial charge in [0.05, 0.1) is 0 Å². The molecule has 1 atom stereocenters. The molecule has 0 bridgehead atoms. The van der Waals surface area contributed by atoms with Gasteiger partial charge in [0.15, 0.2) is 0 Å². The lowest BCUT2D eigenvalue weighted by Crippen LogP contribution is -2.31. The molecule has 0 spiro atoms. The normalized spacial score (nSPS) is 10.9. The summed E-state index contributed by atoms with van der Waals surface area (Å²) in [4.78, 5) is 20.6. The van der Waals surface area contributed by atoms with Gasteiger partial charge in [-0.2, -0.15) is 0 Å². The number of para-hydroxylation sites is 1. The SMILES string of the molecule is NC(=O)OCC(N)Cc1ccccc1.O=C(O)c1ccccc1O. The van der Waals surface area contributed by atoms with Crippen LogP contribution in [0.25, 0.3) is 0 Å². The number of benzene rings is 2. The highest BCUT2D eigenvalue weighted by Crippen LogP contribution is 2.14. The molecular weight excluding hydrogens is 312 g/mol. The van der Waals surface area contributed by atoms with E-state index < -0.39 is 12.1 Å². The Hall–Kier alpha value is -3.06. The summed E-state index contributed by atoms with van der Waals surface area (Å²) in [6.07, 6.45) is -0.109. The molecule has 0 aliphatic heterocycles. The van der Waals surface area contributed by atoms with Crippen molar-refractivity contribution in [2.75, 3.05) is 6.61 Å². The van der Waals surface area contributed by atoms with E-state index in [9.17, 15) is 9.59 Å². The Labute approximate surface area is 139 Å². The summed E-state index contributed by atoms with van der Waals surface area (Å²) in [6, 6.07) is 15.4. The van der Waals surface area contributed by atoms with E-state index in [0.717, 1.165) is 5.56 Å². The van der Waals surface area contributed by atoms with Crippen LogP contribution in [-0.2, 0) is 11.2 Å². The first-order valence-electron chi connectivity index (χ1n) is 7.13. The van der Waals surface area contributed by atoms with Gasteiger partial charge in [-0.1, -0.05) is 42.5 Å². The fourth-order valence-corrected chi connectivity index (χ4v) is 1.82. The summed E-state index contributed by atoms with van der Waals surface area (Å²) in [6.45, 7) is 0.157. The predicted octanol–water partition coefficient (Wildman–Crippen LogP) is 1.74. The average molecular weight is 332 g/mol. The van der Waals surface area contributed by atoms with Crippen molar-refractivity contribution >= 4 is 12.1 Å². The molecule has 0 radical (unpaired) electrons. The smallest absolute Gasteiger partial charge is 0.404 e. The lowest BCUT2D eigenvalue weighted by atomic mass is 10.1. The first-order chi connectivity index (χ1) is 11.4. The lowest BCUT2D eigenvalue weighted by Gasteiger charge is -2.10. The van der Waals surface area contributed by atoms with Crippen LogP contribution in [0, 0.1) is 0 Å². The highest BCUT2D eigenvalue weighted by molar-refractivity contribution is 5.90. The number of aromatic carboxylic acids is 1. The number of phenols is 1. The number of hydrogen-bond acceptors (Lipinski definition) is 5. The van der Waals surface area contributed by atoms with Crippen LogP contribution >= 0.6 is 0 Å². The Morgan fingerprint density at radius 1 is 1.04 bits per heavy atom. The minimum absolute atomic E-state index is 0.0671. The van der Waals surface area contributed by atoms with Crippen molar-refractivity contribution in [1.29, 1.82) is 0 Å². The zero-order valence-corrected chi connectivity index (χ0v) is 13.0. The summed E-state index contributed by atoms with van der Waals surface area (Å²) in [5.74, 6) is -1.31. The van der Waals surface area contributed by atoms with Gasteiger partial charge in [-0.15, -0.1) is 0 Å². The molecule has 0 aliphatic rings. The van der Waals surface area contributed by atoms with Crippen LogP contribution in [0.2, 0.25) is 0 Å². The molecule has 2 rings (SSSR count). The molecule has 7 nitrogen and oxygen atoms in total. The molecule has 2 aromatic carbocycles. The third kappa shape index (κ3) is 7.28. The molecule has 7 heteroatoms. The number of carboxylic acids is 1. The van der Waals surface area contributed by atoms with Gasteiger partial charge >= 0.3 is 12.1 Å². The van der Waals surface area contributed by atoms with E-state index in [0.29, 0.717) is 6.42 Å². The van der Waals surface area contributed by atoms with Crippen LogP contribution in [0.3, 0.4) is 0 Å². The van der Waals surface area contributed by atoms with Crippen LogP contribution in [0.15, 0.2) is 54.6 Å². The Morgan fingerprint density at radius 2 is 1.62 bits per heavy atom. The molecule has 0 fully saturated rings. The molecule has 2 aromatic rings. The molecule has 1 unspecified atom stereocenters. The first kappa shape index (κ1) is 19.0. The molecule has 24 heavy (non-hydrogen) atoms. The van der Waals surface area contributed by atoms with E-state index in [1.807, 2.05) is 30.3 Å². The van der Waals surface area contributed by atoms with Gasteiger partial charge < -0.3 is 26.4 Å². The average Bonchev–Trinajstić information content (AvgIpc) is 2.55. The van der Waals surface area contributed by atoms with Crippen LogP contribution in [-0.4, -0.2) is 34.9 Å². The fraction of sp³-hybridized carbons (Fsp3) is 0.176. The number of rotatable bonds is 5. The van der Waals surface area contributed by atoms with Crippen LogP contribution < -0.4 is 11.5 Å². The minimum Gasteiger partial charge on any atom is -0.507 e. The maximum atomic E-state index is 10.3. The second-order valence-corrected chi connectivity index (χ2v) is 4.90. The number of hydrogen-bond donors (Lipinski definition) is 4. The van der Waals surface area contributed by atoms with Crippen molar-refractivity contribution in [3.63, 3.8) is 0 Å². The quantitative estimate of drug-likeness (QED) is 0.658. The largest absolute Gasteiger partial charge is 0.507 e. The Balaban J connectivity index is 0.000000254. The third-order valence-corrected chi connectivity index (χ3v) is 2.91. The van der Waals surface area contributed by atoms with Gasteiger partial charge in [-0.3, -0.25) is 0 Å². The van der Waals surface area contributed by atoms with Gasteiger partial charge in [-0.05, 0) is 24.1 Å². The van der Waals surface area contributed by atoms with Gasteiger partial charge in [0.25, 0.3) is 0 Å². The maximum Gasteiger partial charge on any atom is 0.404 e. The van der Waals surface area contributed by atoms with E-state index >= 15 is 0 Å². The zero-order valence-electron chi connectivity index (χ0n) is 13.0. The lowest BCUT2D eigenvalue weighted by molar-refractivity contribution is 0.0693. The molecule has 6 N–H and O–H groups in total. The molecular formula is C17H20N2O5. The third-order valence-electron chi connectivity index (χ3n) is 2.91. The van der Waals surface area contributed by atoms with E-state index in [4.69, 9.17) is 21.7 Å². The monoisotopic (exact) mass is 332 g/mol. The van der Waals surface area contributed by atoms with Crippen molar-refractivity contribution in [2.45, 2.75) is 12.5 Å². The fourth-order valence-electron chi connectivity index (χ4n) is 1.82. The van der Waals surface area contributed by atoms with Crippen molar-refractivity contribution in [1.82, 2.24) is 0 Å². The summed E-state index contributed by atoms with van der Waals surface area (Å²) in [5, 5.41) is 17.3. The van der Waals surface area contributed by atoms with Crippen molar-refractivity contribution in [3.05, 3.63) is 65.7 Å². The van der Waals surface area contributed by atoms with E-state index in [2.05, 4.69) is 4.74 Å². The molecule has 0 saturated carbocycles. The molecule has 0 heterocycles. The topological polar surface area (TPSA) is 136 Å². The van der Waals surface area contributed by atoms with E-state index in [-0.39, 0.29) is 24.0 Å². The highest BCUT2D eigenvalue weighted by Gasteiger charge is 2.06. The van der Waals surface area contributed by atoms with Crippen molar-refractivity contribution < 1.29 is 24.5 Å². The first-order valence-corrected chi connectivity index (χ1v) is 7.13. The van der Waals surface area contributed by atoms with Gasteiger partial charge in [0, 0.05) is 6.04 Å². The van der Waals surface area contributed by atoms with Crippen molar-refractivity contribution in [2.24, 2.45) is 11.5 Å². The number of amides is 1. The highest BCUT2D eigenvalue weighted by atomic mass is 16.5. The van der Waals surface area contributed by atoms with Gasteiger partial charge in [-0.25, -0.2) is 9.59 Å². The number of carbonyl (C=O) groups excluding carboxylic acids is 1. The molecule has 1 amide bonds. The molecule has 0 aliphatic carbocycles. The van der Waals surface area contributed by atoms with E-state index in [1.165, 1.54) is 12.1 Å². The van der Waals surface area contributed by atoms with Crippen molar-refractivity contribution in [3.8, 4) is 5.75 Å².